The van der Waals surface area contributed by atoms with Gasteiger partial charge in [-0.2, -0.15) is 0 Å². The lowest BCUT2D eigenvalue weighted by Gasteiger charge is -2.45. The molecule has 1 aliphatic rings. The predicted octanol–water partition coefficient (Wildman–Crippen LogP) is -1.89. The van der Waals surface area contributed by atoms with Crippen LogP contribution in [0.4, 0.5) is 0 Å². The summed E-state index contributed by atoms with van der Waals surface area (Å²) in [4.78, 5) is 0. The van der Waals surface area contributed by atoms with Gasteiger partial charge < -0.3 is 30.3 Å². The highest BCUT2D eigenvalue weighted by Crippen LogP contribution is 2.35. The van der Waals surface area contributed by atoms with Gasteiger partial charge in [0.2, 0.25) is 5.79 Å². The zero-order valence-electron chi connectivity index (χ0n) is 9.47. The third kappa shape index (κ3) is 2.03. The van der Waals surface area contributed by atoms with Gasteiger partial charge in [-0.1, -0.05) is 24.3 Å². The average molecular weight is 255 g/mol. The van der Waals surface area contributed by atoms with E-state index in [9.17, 15) is 20.4 Å². The first-order chi connectivity index (χ1) is 8.50. The van der Waals surface area contributed by atoms with Crippen molar-refractivity contribution in [1.29, 1.82) is 0 Å². The maximum atomic E-state index is 10.3. The summed E-state index contributed by atoms with van der Waals surface area (Å²) in [6.45, 7) is -0.591. The molecule has 0 unspecified atom stereocenters. The molecule has 1 radical (unpaired) electrons. The fourth-order valence-electron chi connectivity index (χ4n) is 2.02. The van der Waals surface area contributed by atoms with Crippen LogP contribution in [0.3, 0.4) is 0 Å². The molecular weight excluding hydrogens is 240 g/mol. The molecule has 0 aliphatic carbocycles. The fourth-order valence-corrected chi connectivity index (χ4v) is 2.02. The van der Waals surface area contributed by atoms with Crippen LogP contribution in [0.2, 0.25) is 0 Å². The van der Waals surface area contributed by atoms with Crippen LogP contribution >= 0.6 is 0 Å². The van der Waals surface area contributed by atoms with Crippen molar-refractivity contribution in [3.63, 3.8) is 0 Å². The standard InChI is InChI=1S/C12H15O6/c13-6-8-9(14)10(15)11(16)12(17,18-8)7-4-2-1-3-5-7/h2-5,8-11,13-17H,6H2/t8-,9-,10-,11-,12-/m1/s1. The summed E-state index contributed by atoms with van der Waals surface area (Å²) in [5.41, 5.74) is 0.207. The normalized spacial score (nSPS) is 40.7. The summed E-state index contributed by atoms with van der Waals surface area (Å²) in [6.07, 6.45) is -6.00. The highest BCUT2D eigenvalue weighted by Gasteiger charge is 2.53. The van der Waals surface area contributed by atoms with Gasteiger partial charge in [0.15, 0.2) is 0 Å². The van der Waals surface area contributed by atoms with Crippen molar-refractivity contribution in [2.45, 2.75) is 30.2 Å². The van der Waals surface area contributed by atoms with Crippen molar-refractivity contribution in [1.82, 2.24) is 0 Å². The number of ether oxygens (including phenoxy) is 1. The van der Waals surface area contributed by atoms with Crippen LogP contribution in [-0.4, -0.2) is 56.6 Å². The van der Waals surface area contributed by atoms with Crippen LogP contribution in [-0.2, 0) is 10.5 Å². The summed E-state index contributed by atoms with van der Waals surface area (Å²) in [5.74, 6) is -2.18. The number of aliphatic hydroxyl groups is 5. The first kappa shape index (κ1) is 13.4. The van der Waals surface area contributed by atoms with E-state index >= 15 is 0 Å². The monoisotopic (exact) mass is 255 g/mol. The lowest BCUT2D eigenvalue weighted by Crippen LogP contribution is -2.63. The minimum Gasteiger partial charge on any atom is -0.394 e. The molecule has 6 heteroatoms. The minimum atomic E-state index is -2.18. The Morgan fingerprint density at radius 3 is 2.33 bits per heavy atom. The Hall–Kier alpha value is -1.02. The molecule has 5 atom stereocenters. The molecule has 5 N–H and O–H groups in total. The second kappa shape index (κ2) is 4.93. The second-order valence-corrected chi connectivity index (χ2v) is 4.25. The molecule has 0 bridgehead atoms. The lowest BCUT2D eigenvalue weighted by molar-refractivity contribution is -0.357. The maximum Gasteiger partial charge on any atom is 0.222 e. The van der Waals surface area contributed by atoms with Gasteiger partial charge in [0, 0.05) is 5.56 Å². The molecule has 1 aromatic carbocycles. The van der Waals surface area contributed by atoms with E-state index in [1.54, 1.807) is 0 Å². The molecule has 18 heavy (non-hydrogen) atoms. The Labute approximate surface area is 104 Å². The maximum absolute atomic E-state index is 10.3. The zero-order chi connectivity index (χ0) is 13.3. The first-order valence-corrected chi connectivity index (χ1v) is 5.52. The quantitative estimate of drug-likeness (QED) is 0.422. The molecule has 99 valence electrons. The smallest absolute Gasteiger partial charge is 0.222 e. The molecule has 0 amide bonds. The molecule has 0 saturated carbocycles. The molecule has 0 spiro atoms. The predicted molar refractivity (Wildman–Crippen MR) is 59.2 cm³/mol. The van der Waals surface area contributed by atoms with Gasteiger partial charge in [-0.05, 0) is 6.07 Å². The summed E-state index contributed by atoms with van der Waals surface area (Å²) >= 11 is 0. The van der Waals surface area contributed by atoms with E-state index < -0.39 is 36.8 Å². The molecule has 6 nitrogen and oxygen atoms in total. The first-order valence-electron chi connectivity index (χ1n) is 5.52. The Morgan fingerprint density at radius 1 is 1.17 bits per heavy atom. The largest absolute Gasteiger partial charge is 0.394 e. The molecule has 0 aromatic heterocycles. The third-order valence-electron chi connectivity index (χ3n) is 3.10. The van der Waals surface area contributed by atoms with Crippen molar-refractivity contribution in [3.05, 3.63) is 35.9 Å². The van der Waals surface area contributed by atoms with Crippen molar-refractivity contribution < 1.29 is 30.3 Å². The van der Waals surface area contributed by atoms with Crippen LogP contribution in [0.5, 0.6) is 0 Å². The summed E-state index contributed by atoms with van der Waals surface area (Å²) in [7, 11) is 0. The van der Waals surface area contributed by atoms with E-state index in [0.29, 0.717) is 0 Å². The van der Waals surface area contributed by atoms with E-state index in [-0.39, 0.29) is 5.56 Å². The minimum absolute atomic E-state index is 0.207. The van der Waals surface area contributed by atoms with Crippen molar-refractivity contribution >= 4 is 0 Å². The van der Waals surface area contributed by atoms with E-state index in [0.717, 1.165) is 0 Å². The van der Waals surface area contributed by atoms with Gasteiger partial charge in [0.1, 0.15) is 24.4 Å². The number of aliphatic hydroxyl groups excluding tert-OH is 4. The number of hydrogen-bond donors (Lipinski definition) is 5. The van der Waals surface area contributed by atoms with Crippen molar-refractivity contribution in [3.8, 4) is 0 Å². The fraction of sp³-hybridized carbons (Fsp3) is 0.500. The molecule has 1 saturated heterocycles. The Bertz CT molecular complexity index is 395. The summed E-state index contributed by atoms with van der Waals surface area (Å²) in [5, 5.41) is 48.5. The zero-order valence-corrected chi connectivity index (χ0v) is 9.47. The highest BCUT2D eigenvalue weighted by molar-refractivity contribution is 5.22. The average Bonchev–Trinajstić information content (AvgIpc) is 2.41. The SMILES string of the molecule is OC[C@H]1O[C@](O)(c2cc[c]cc2)[C@H](O)[C@H](O)[C@@H]1O. The van der Waals surface area contributed by atoms with E-state index in [2.05, 4.69) is 6.07 Å². The summed E-state index contributed by atoms with van der Waals surface area (Å²) in [6, 6.07) is 8.68. The van der Waals surface area contributed by atoms with E-state index in [1.165, 1.54) is 24.3 Å². The number of rotatable bonds is 2. The molecule has 1 aromatic rings. The topological polar surface area (TPSA) is 110 Å². The van der Waals surface area contributed by atoms with Crippen LogP contribution < -0.4 is 0 Å². The van der Waals surface area contributed by atoms with Gasteiger partial charge in [-0.25, -0.2) is 0 Å². The number of hydrogen-bond acceptors (Lipinski definition) is 6. The van der Waals surface area contributed by atoms with Gasteiger partial charge in [-0.3, -0.25) is 0 Å². The molecule has 2 rings (SSSR count). The van der Waals surface area contributed by atoms with Crippen LogP contribution in [0.1, 0.15) is 5.56 Å². The van der Waals surface area contributed by atoms with Gasteiger partial charge in [-0.15, -0.1) is 0 Å². The second-order valence-electron chi connectivity index (χ2n) is 4.25. The Kier molecular flexibility index (Phi) is 3.67. The Morgan fingerprint density at radius 2 is 1.78 bits per heavy atom. The van der Waals surface area contributed by atoms with E-state index in [4.69, 9.17) is 9.84 Å². The number of benzene rings is 1. The summed E-state index contributed by atoms with van der Waals surface area (Å²) < 4.78 is 5.14. The molecular formula is C12H15O6. The molecule has 1 fully saturated rings. The van der Waals surface area contributed by atoms with Crippen LogP contribution in [0.15, 0.2) is 24.3 Å². The van der Waals surface area contributed by atoms with Gasteiger partial charge >= 0.3 is 0 Å². The van der Waals surface area contributed by atoms with E-state index in [1.807, 2.05) is 0 Å². The lowest BCUT2D eigenvalue weighted by atomic mass is 9.88. The van der Waals surface area contributed by atoms with Crippen molar-refractivity contribution in [2.75, 3.05) is 6.61 Å². The van der Waals surface area contributed by atoms with Gasteiger partial charge in [0.25, 0.3) is 0 Å². The third-order valence-corrected chi connectivity index (χ3v) is 3.10. The van der Waals surface area contributed by atoms with Crippen LogP contribution in [0.25, 0.3) is 0 Å². The highest BCUT2D eigenvalue weighted by atomic mass is 16.7. The van der Waals surface area contributed by atoms with Crippen LogP contribution in [0, 0.1) is 6.07 Å². The van der Waals surface area contributed by atoms with Gasteiger partial charge in [0.05, 0.1) is 6.61 Å². The molecule has 1 heterocycles. The molecule has 1 aliphatic heterocycles. The van der Waals surface area contributed by atoms with Crippen molar-refractivity contribution in [2.24, 2.45) is 0 Å². The Balaban J connectivity index is 2.37.